The van der Waals surface area contributed by atoms with Gasteiger partial charge in [0.25, 0.3) is 0 Å². The van der Waals surface area contributed by atoms with E-state index in [4.69, 9.17) is 19.4 Å². The molecule has 0 fully saturated rings. The summed E-state index contributed by atoms with van der Waals surface area (Å²) in [5.74, 6) is 1.86. The Balaban J connectivity index is 0.993. The van der Waals surface area contributed by atoms with Gasteiger partial charge in [-0.1, -0.05) is 121 Å². The summed E-state index contributed by atoms with van der Waals surface area (Å²) in [7, 11) is 0. The molecule has 298 valence electrons. The molecule has 9 aromatic carbocycles. The Kier molecular flexibility index (Phi) is 7.46. The van der Waals surface area contributed by atoms with Crippen molar-refractivity contribution < 1.29 is 4.42 Å². The van der Waals surface area contributed by atoms with Crippen LogP contribution in [-0.2, 0) is 0 Å². The summed E-state index contributed by atoms with van der Waals surface area (Å²) in [6.07, 6.45) is 0. The molecule has 0 saturated carbocycles. The van der Waals surface area contributed by atoms with Gasteiger partial charge in [0.15, 0.2) is 17.5 Å². The summed E-state index contributed by atoms with van der Waals surface area (Å²) in [6, 6.07) is 70.9. The van der Waals surface area contributed by atoms with Crippen molar-refractivity contribution in [2.45, 2.75) is 0 Å². The van der Waals surface area contributed by atoms with Crippen molar-refractivity contribution >= 4 is 97.1 Å². The van der Waals surface area contributed by atoms with Crippen LogP contribution in [0.15, 0.2) is 205 Å². The van der Waals surface area contributed by atoms with E-state index in [9.17, 15) is 0 Å². The van der Waals surface area contributed by atoms with Crippen LogP contribution in [0.3, 0.4) is 0 Å². The quantitative estimate of drug-likeness (QED) is 0.173. The van der Waals surface area contributed by atoms with Gasteiger partial charge in [-0.3, -0.25) is 0 Å². The minimum atomic E-state index is 0.604. The second-order valence-electron chi connectivity index (χ2n) is 16.4. The first-order valence-electron chi connectivity index (χ1n) is 21.4. The molecule has 0 aliphatic carbocycles. The highest BCUT2D eigenvalue weighted by molar-refractivity contribution is 7.25. The largest absolute Gasteiger partial charge is 0.456 e. The zero-order chi connectivity index (χ0) is 41.9. The van der Waals surface area contributed by atoms with E-state index in [1.165, 1.54) is 58.3 Å². The number of para-hydroxylation sites is 2. The van der Waals surface area contributed by atoms with Crippen LogP contribution in [-0.4, -0.2) is 24.1 Å². The van der Waals surface area contributed by atoms with Crippen LogP contribution < -0.4 is 0 Å². The number of aromatic nitrogens is 5. The van der Waals surface area contributed by atoms with E-state index in [0.29, 0.717) is 17.5 Å². The predicted octanol–water partition coefficient (Wildman–Crippen LogP) is 15.3. The van der Waals surface area contributed by atoms with Crippen LogP contribution in [0.5, 0.6) is 0 Å². The first-order valence-corrected chi connectivity index (χ1v) is 22.2. The van der Waals surface area contributed by atoms with E-state index in [1.54, 1.807) is 0 Å². The number of nitrogens with zero attached hydrogens (tertiary/aromatic N) is 5. The van der Waals surface area contributed by atoms with Crippen LogP contribution in [0.25, 0.3) is 131 Å². The van der Waals surface area contributed by atoms with Crippen LogP contribution in [0, 0.1) is 0 Å². The molecule has 0 aliphatic rings. The SMILES string of the molecule is c1ccc(-c2nc(-c3ccccc3)nc(-c3ccc4oc5ccc(-n6c7ccccc7c7ccc8c(c9ccccc9n8-c8ccc9sc%10ccccc%10c9c8)c76)cc5c4c3)n2)cc1. The van der Waals surface area contributed by atoms with Crippen molar-refractivity contribution in [2.24, 2.45) is 0 Å². The highest BCUT2D eigenvalue weighted by Gasteiger charge is 2.22. The van der Waals surface area contributed by atoms with Gasteiger partial charge in [0.2, 0.25) is 0 Å². The predicted molar refractivity (Wildman–Crippen MR) is 265 cm³/mol. The lowest BCUT2D eigenvalue weighted by Crippen LogP contribution is -2.00. The molecular weight excluding hydrogens is 803 g/mol. The zero-order valence-electron chi connectivity index (χ0n) is 34.1. The summed E-state index contributed by atoms with van der Waals surface area (Å²) >= 11 is 1.85. The molecule has 0 N–H and O–H groups in total. The maximum absolute atomic E-state index is 6.54. The van der Waals surface area contributed by atoms with Crippen molar-refractivity contribution in [3.63, 3.8) is 0 Å². The number of fused-ring (bicyclic) bond motifs is 13. The van der Waals surface area contributed by atoms with E-state index in [1.807, 2.05) is 84.1 Å². The van der Waals surface area contributed by atoms with Gasteiger partial charge in [-0.25, -0.2) is 15.0 Å². The van der Waals surface area contributed by atoms with Crippen molar-refractivity contribution in [1.29, 1.82) is 0 Å². The lowest BCUT2D eigenvalue weighted by atomic mass is 10.1. The third kappa shape index (κ3) is 5.22. The lowest BCUT2D eigenvalue weighted by Gasteiger charge is -2.11. The molecule has 0 radical (unpaired) electrons. The first kappa shape index (κ1) is 35.2. The Labute approximate surface area is 369 Å². The minimum Gasteiger partial charge on any atom is -0.456 e. The monoisotopic (exact) mass is 835 g/mol. The normalized spacial score (nSPS) is 12.1. The maximum atomic E-state index is 6.54. The molecule has 0 unspecified atom stereocenters. The minimum absolute atomic E-state index is 0.604. The van der Waals surface area contributed by atoms with E-state index in [2.05, 4.69) is 137 Å². The van der Waals surface area contributed by atoms with Crippen LogP contribution in [0.2, 0.25) is 0 Å². The molecule has 64 heavy (non-hydrogen) atoms. The third-order valence-corrected chi connectivity index (χ3v) is 13.9. The van der Waals surface area contributed by atoms with Crippen molar-refractivity contribution in [3.8, 4) is 45.5 Å². The van der Waals surface area contributed by atoms with Crippen molar-refractivity contribution in [1.82, 2.24) is 24.1 Å². The summed E-state index contributed by atoms with van der Waals surface area (Å²) in [5.41, 5.74) is 11.2. The maximum Gasteiger partial charge on any atom is 0.164 e. The molecular formula is C57H33N5OS. The van der Waals surface area contributed by atoms with Crippen LogP contribution in [0.1, 0.15) is 0 Å². The Morgan fingerprint density at radius 2 is 0.891 bits per heavy atom. The molecule has 7 heteroatoms. The Morgan fingerprint density at radius 1 is 0.344 bits per heavy atom. The Hall–Kier alpha value is -8.39. The third-order valence-electron chi connectivity index (χ3n) is 12.8. The highest BCUT2D eigenvalue weighted by atomic mass is 32.1. The summed E-state index contributed by atoms with van der Waals surface area (Å²) in [6.45, 7) is 0. The number of benzene rings is 9. The standard InChI is InChI=1S/C57H33N5OS/c1-3-13-34(14-4-1)55-58-56(35-15-5-2-6-16-35)60-57(59-55)36-23-28-49-43(31-36)44-32-38(24-29-50(44)63-49)62-46-20-10-7-17-39(46)41-26-27-48-53(54(41)62)42-19-8-11-21-47(42)61(48)37-25-30-52-45(33-37)40-18-9-12-22-51(40)64-52/h1-33H. The van der Waals surface area contributed by atoms with Gasteiger partial charge in [-0.15, -0.1) is 11.3 Å². The molecule has 5 heterocycles. The van der Waals surface area contributed by atoms with E-state index < -0.39 is 0 Å². The Bertz CT molecular complexity index is 4140. The van der Waals surface area contributed by atoms with Crippen molar-refractivity contribution in [3.05, 3.63) is 200 Å². The topological polar surface area (TPSA) is 61.7 Å². The van der Waals surface area contributed by atoms with Gasteiger partial charge < -0.3 is 13.6 Å². The van der Waals surface area contributed by atoms with E-state index in [0.717, 1.165) is 55.5 Å². The van der Waals surface area contributed by atoms with E-state index >= 15 is 0 Å². The van der Waals surface area contributed by atoms with Gasteiger partial charge in [0.1, 0.15) is 11.2 Å². The Morgan fingerprint density at radius 3 is 1.64 bits per heavy atom. The van der Waals surface area contributed by atoms with Crippen molar-refractivity contribution in [2.75, 3.05) is 0 Å². The fourth-order valence-electron chi connectivity index (χ4n) is 9.89. The lowest BCUT2D eigenvalue weighted by molar-refractivity contribution is 0.669. The molecule has 0 saturated heterocycles. The number of furan rings is 1. The molecule has 14 rings (SSSR count). The molecule has 0 spiro atoms. The number of thiophene rings is 1. The summed E-state index contributed by atoms with van der Waals surface area (Å²) in [5, 5.41) is 9.45. The number of hydrogen-bond donors (Lipinski definition) is 0. The van der Waals surface area contributed by atoms with Gasteiger partial charge in [-0.2, -0.15) is 0 Å². The first-order chi connectivity index (χ1) is 31.7. The van der Waals surface area contributed by atoms with Crippen LogP contribution in [0.4, 0.5) is 0 Å². The number of rotatable bonds is 5. The molecule has 0 atom stereocenters. The highest BCUT2D eigenvalue weighted by Crippen LogP contribution is 2.44. The molecule has 5 aromatic heterocycles. The van der Waals surface area contributed by atoms with Gasteiger partial charge in [0, 0.05) is 80.6 Å². The average Bonchev–Trinajstić information content (AvgIpc) is 4.11. The number of hydrogen-bond acceptors (Lipinski definition) is 5. The second kappa shape index (κ2) is 13.6. The molecule has 0 amide bonds. The molecule has 14 aromatic rings. The second-order valence-corrected chi connectivity index (χ2v) is 17.5. The van der Waals surface area contributed by atoms with Gasteiger partial charge in [0.05, 0.1) is 22.1 Å². The van der Waals surface area contributed by atoms with Gasteiger partial charge >= 0.3 is 0 Å². The molecule has 0 bridgehead atoms. The smallest absolute Gasteiger partial charge is 0.164 e. The fraction of sp³-hybridized carbons (Fsp3) is 0. The average molecular weight is 836 g/mol. The summed E-state index contributed by atoms with van der Waals surface area (Å²) < 4.78 is 14.0. The zero-order valence-corrected chi connectivity index (χ0v) is 34.9. The summed E-state index contributed by atoms with van der Waals surface area (Å²) in [4.78, 5) is 15.0. The molecule has 6 nitrogen and oxygen atoms in total. The van der Waals surface area contributed by atoms with Gasteiger partial charge in [-0.05, 0) is 78.9 Å². The fourth-order valence-corrected chi connectivity index (χ4v) is 11.0. The van der Waals surface area contributed by atoms with E-state index in [-0.39, 0.29) is 0 Å². The molecule has 0 aliphatic heterocycles. The van der Waals surface area contributed by atoms with Crippen LogP contribution >= 0.6 is 11.3 Å².